The molecular weight excluding hydrogens is 330 g/mol. The van der Waals surface area contributed by atoms with Gasteiger partial charge in [0.15, 0.2) is 4.80 Å². The lowest BCUT2D eigenvalue weighted by Crippen LogP contribution is -2.16. The molecule has 0 atom stereocenters. The second-order valence-electron chi connectivity index (χ2n) is 5.79. The van der Waals surface area contributed by atoms with Crippen molar-refractivity contribution in [1.29, 1.82) is 5.26 Å². The third kappa shape index (κ3) is 3.30. The van der Waals surface area contributed by atoms with Crippen LogP contribution in [0.5, 0.6) is 0 Å². The third-order valence-electron chi connectivity index (χ3n) is 4.07. The molecule has 3 aromatic rings. The molecule has 1 amide bonds. The highest BCUT2D eigenvalue weighted by molar-refractivity contribution is 7.16. The van der Waals surface area contributed by atoms with Gasteiger partial charge in [0.05, 0.1) is 21.8 Å². The summed E-state index contributed by atoms with van der Waals surface area (Å²) in [7, 11) is 0. The quantitative estimate of drug-likeness (QED) is 0.669. The molecule has 0 N–H and O–H groups in total. The minimum absolute atomic E-state index is 0.317. The number of amides is 1. The highest BCUT2D eigenvalue weighted by Gasteiger charge is 2.10. The van der Waals surface area contributed by atoms with E-state index < -0.39 is 0 Å². The molecule has 0 aliphatic rings. The van der Waals surface area contributed by atoms with Crippen LogP contribution >= 0.6 is 11.3 Å². The van der Waals surface area contributed by atoms with E-state index >= 15 is 0 Å². The van der Waals surface area contributed by atoms with Crippen molar-refractivity contribution in [2.45, 2.75) is 20.4 Å². The second-order valence-corrected chi connectivity index (χ2v) is 6.80. The van der Waals surface area contributed by atoms with Gasteiger partial charge >= 0.3 is 0 Å². The van der Waals surface area contributed by atoms with Crippen LogP contribution in [-0.2, 0) is 6.54 Å². The van der Waals surface area contributed by atoms with Gasteiger partial charge in [0.25, 0.3) is 5.91 Å². The molecule has 25 heavy (non-hydrogen) atoms. The van der Waals surface area contributed by atoms with Crippen molar-refractivity contribution in [2.24, 2.45) is 4.99 Å². The first kappa shape index (κ1) is 16.9. The van der Waals surface area contributed by atoms with E-state index in [0.717, 1.165) is 10.2 Å². The van der Waals surface area contributed by atoms with E-state index in [1.54, 1.807) is 30.3 Å². The van der Waals surface area contributed by atoms with E-state index in [-0.39, 0.29) is 5.91 Å². The number of hydrogen-bond acceptors (Lipinski definition) is 3. The van der Waals surface area contributed by atoms with Gasteiger partial charge in [0.2, 0.25) is 0 Å². The summed E-state index contributed by atoms with van der Waals surface area (Å²) in [5.74, 6) is -0.317. The maximum Gasteiger partial charge on any atom is 0.279 e. The maximum absolute atomic E-state index is 12.5. The van der Waals surface area contributed by atoms with Crippen LogP contribution in [-0.4, -0.2) is 10.5 Å². The molecule has 0 unspecified atom stereocenters. The van der Waals surface area contributed by atoms with E-state index in [4.69, 9.17) is 5.26 Å². The molecule has 0 saturated carbocycles. The van der Waals surface area contributed by atoms with E-state index in [9.17, 15) is 4.79 Å². The fraction of sp³-hybridized carbons (Fsp3) is 0.150. The number of aromatic nitrogens is 1. The molecule has 0 aliphatic heterocycles. The summed E-state index contributed by atoms with van der Waals surface area (Å²) < 4.78 is 3.09. The maximum atomic E-state index is 12.5. The summed E-state index contributed by atoms with van der Waals surface area (Å²) in [5.41, 5.74) is 4.46. The molecule has 124 valence electrons. The summed E-state index contributed by atoms with van der Waals surface area (Å²) >= 11 is 1.49. The van der Waals surface area contributed by atoms with Crippen molar-refractivity contribution < 1.29 is 4.79 Å². The van der Waals surface area contributed by atoms with Gasteiger partial charge in [-0.1, -0.05) is 17.4 Å². The van der Waals surface area contributed by atoms with Crippen LogP contribution < -0.4 is 4.80 Å². The van der Waals surface area contributed by atoms with Crippen molar-refractivity contribution in [2.75, 3.05) is 0 Å². The van der Waals surface area contributed by atoms with Crippen molar-refractivity contribution >= 4 is 27.5 Å². The second kappa shape index (κ2) is 6.88. The first-order chi connectivity index (χ1) is 12.0. The number of fused-ring (bicyclic) bond motifs is 1. The van der Waals surface area contributed by atoms with Gasteiger partial charge in [0, 0.05) is 12.1 Å². The minimum Gasteiger partial charge on any atom is -0.312 e. The lowest BCUT2D eigenvalue weighted by atomic mass is 10.1. The number of rotatable bonds is 3. The smallest absolute Gasteiger partial charge is 0.279 e. The van der Waals surface area contributed by atoms with Crippen molar-refractivity contribution in [3.8, 4) is 6.07 Å². The molecule has 1 aromatic heterocycles. The molecule has 0 bridgehead atoms. The molecule has 3 rings (SSSR count). The van der Waals surface area contributed by atoms with Crippen molar-refractivity contribution in [3.63, 3.8) is 0 Å². The molecule has 5 heteroatoms. The summed E-state index contributed by atoms with van der Waals surface area (Å²) in [6.07, 6.45) is 1.80. The molecule has 0 aliphatic carbocycles. The molecule has 0 fully saturated rings. The Kier molecular flexibility index (Phi) is 4.64. The lowest BCUT2D eigenvalue weighted by molar-refractivity contribution is 0.0998. The van der Waals surface area contributed by atoms with Crippen LogP contribution in [0.4, 0.5) is 0 Å². The van der Waals surface area contributed by atoms with E-state index in [2.05, 4.69) is 37.6 Å². The number of allylic oxidation sites excluding steroid dienone is 1. The summed E-state index contributed by atoms with van der Waals surface area (Å²) in [4.78, 5) is 17.5. The third-order valence-corrected chi connectivity index (χ3v) is 5.11. The van der Waals surface area contributed by atoms with Crippen LogP contribution in [0.3, 0.4) is 0 Å². The topological polar surface area (TPSA) is 58.1 Å². The van der Waals surface area contributed by atoms with Gasteiger partial charge < -0.3 is 4.57 Å². The summed E-state index contributed by atoms with van der Waals surface area (Å²) in [6, 6.07) is 12.8. The fourth-order valence-electron chi connectivity index (χ4n) is 2.55. The standard InChI is InChI=1S/C20H17N3OS/c1-4-9-23-17-10-13(2)14(3)11-18(17)25-20(23)22-19(24)16-7-5-15(12-21)6-8-16/h4-8,10-11H,1,9H2,2-3H3. The number of hydrogen-bond donors (Lipinski definition) is 0. The highest BCUT2D eigenvalue weighted by Crippen LogP contribution is 2.22. The van der Waals surface area contributed by atoms with E-state index in [1.165, 1.54) is 22.5 Å². The Morgan fingerprint density at radius 1 is 1.28 bits per heavy atom. The summed E-state index contributed by atoms with van der Waals surface area (Å²) in [6.45, 7) is 8.54. The fourth-order valence-corrected chi connectivity index (χ4v) is 3.67. The van der Waals surface area contributed by atoms with Crippen LogP contribution in [0.2, 0.25) is 0 Å². The van der Waals surface area contributed by atoms with E-state index in [0.29, 0.717) is 22.5 Å². The van der Waals surface area contributed by atoms with Gasteiger partial charge in [-0.15, -0.1) is 6.58 Å². The van der Waals surface area contributed by atoms with Crippen molar-refractivity contribution in [3.05, 3.63) is 76.1 Å². The first-order valence-corrected chi connectivity index (χ1v) is 8.66. The number of carbonyl (C=O) groups excluding carboxylic acids is 1. The molecule has 0 spiro atoms. The zero-order valence-electron chi connectivity index (χ0n) is 14.1. The molecule has 4 nitrogen and oxygen atoms in total. The number of thiazole rings is 1. The Hall–Kier alpha value is -2.97. The zero-order chi connectivity index (χ0) is 18.0. The normalized spacial score (nSPS) is 11.5. The van der Waals surface area contributed by atoms with Crippen LogP contribution in [0.1, 0.15) is 27.0 Å². The van der Waals surface area contributed by atoms with Gasteiger partial charge in [-0.25, -0.2) is 0 Å². The number of benzene rings is 2. The summed E-state index contributed by atoms with van der Waals surface area (Å²) in [5, 5.41) is 8.85. The average Bonchev–Trinajstić information content (AvgIpc) is 2.92. The largest absolute Gasteiger partial charge is 0.312 e. The number of aryl methyl sites for hydroxylation is 2. The Bertz CT molecular complexity index is 1080. The van der Waals surface area contributed by atoms with Crippen LogP contribution in [0.15, 0.2) is 54.0 Å². The van der Waals surface area contributed by atoms with Crippen molar-refractivity contribution in [1.82, 2.24) is 4.57 Å². The monoisotopic (exact) mass is 347 g/mol. The van der Waals surface area contributed by atoms with Crippen LogP contribution in [0.25, 0.3) is 10.2 Å². The van der Waals surface area contributed by atoms with E-state index in [1.807, 2.05) is 10.6 Å². The SMILES string of the molecule is C=CCn1c(=NC(=O)c2ccc(C#N)cc2)sc2cc(C)c(C)cc21. The Morgan fingerprint density at radius 3 is 2.60 bits per heavy atom. The Morgan fingerprint density at radius 2 is 1.96 bits per heavy atom. The number of nitriles is 1. The lowest BCUT2D eigenvalue weighted by Gasteiger charge is -2.04. The zero-order valence-corrected chi connectivity index (χ0v) is 14.9. The van der Waals surface area contributed by atoms with Crippen LogP contribution in [0, 0.1) is 25.2 Å². The first-order valence-electron chi connectivity index (χ1n) is 7.84. The van der Waals surface area contributed by atoms with Gasteiger partial charge in [0.1, 0.15) is 0 Å². The Labute approximate surface area is 150 Å². The molecule has 0 radical (unpaired) electrons. The number of nitrogens with zero attached hydrogens (tertiary/aromatic N) is 3. The number of carbonyl (C=O) groups is 1. The Balaban J connectivity index is 2.14. The van der Waals surface area contributed by atoms with Gasteiger partial charge in [-0.3, -0.25) is 4.79 Å². The highest BCUT2D eigenvalue weighted by atomic mass is 32.1. The van der Waals surface area contributed by atoms with Gasteiger partial charge in [-0.05, 0) is 61.4 Å². The molecule has 2 aromatic carbocycles. The minimum atomic E-state index is -0.317. The molecule has 1 heterocycles. The van der Waals surface area contributed by atoms with Gasteiger partial charge in [-0.2, -0.15) is 10.3 Å². The predicted molar refractivity (Wildman–Crippen MR) is 101 cm³/mol. The predicted octanol–water partition coefficient (Wildman–Crippen LogP) is 4.12. The average molecular weight is 347 g/mol. The molecular formula is C20H17N3OS. The molecule has 0 saturated heterocycles.